The zero-order valence-corrected chi connectivity index (χ0v) is 14.5. The number of hydrogen-bond donors (Lipinski definition) is 1. The van der Waals surface area contributed by atoms with Gasteiger partial charge in [0, 0.05) is 25.7 Å². The van der Waals surface area contributed by atoms with Gasteiger partial charge in [-0.15, -0.1) is 12.4 Å². The van der Waals surface area contributed by atoms with Gasteiger partial charge in [0.1, 0.15) is 5.75 Å². The van der Waals surface area contributed by atoms with Crippen LogP contribution in [0.4, 0.5) is 0 Å². The van der Waals surface area contributed by atoms with Gasteiger partial charge in [0.25, 0.3) is 0 Å². The van der Waals surface area contributed by atoms with E-state index >= 15 is 0 Å². The number of nitrogens with zero attached hydrogens (tertiary/aromatic N) is 1. The number of ether oxygens (including phenoxy) is 1. The van der Waals surface area contributed by atoms with E-state index in [9.17, 15) is 4.79 Å². The maximum absolute atomic E-state index is 12.3. The molecule has 124 valence electrons. The summed E-state index contributed by atoms with van der Waals surface area (Å²) in [6, 6.07) is 8.15. The molecule has 2 rings (SSSR count). The maximum atomic E-state index is 12.3. The highest BCUT2D eigenvalue weighted by Gasteiger charge is 2.22. The van der Waals surface area contributed by atoms with Crippen LogP contribution in [0.2, 0.25) is 0 Å². The second kappa shape index (κ2) is 9.01. The second-order valence-electron chi connectivity index (χ2n) is 6.17. The van der Waals surface area contributed by atoms with E-state index in [1.165, 1.54) is 0 Å². The van der Waals surface area contributed by atoms with Gasteiger partial charge >= 0.3 is 0 Å². The van der Waals surface area contributed by atoms with Crippen LogP contribution < -0.4 is 10.1 Å². The highest BCUT2D eigenvalue weighted by molar-refractivity contribution is 5.85. The van der Waals surface area contributed by atoms with Gasteiger partial charge in [0.2, 0.25) is 5.91 Å². The molecular formula is C17H27ClN2O2. The molecule has 1 atom stereocenters. The summed E-state index contributed by atoms with van der Waals surface area (Å²) in [5.74, 6) is 1.59. The predicted octanol–water partition coefficient (Wildman–Crippen LogP) is 2.51. The molecule has 1 heterocycles. The highest BCUT2D eigenvalue weighted by Crippen LogP contribution is 2.15. The Hall–Kier alpha value is -1.26. The molecule has 0 saturated carbocycles. The smallest absolute Gasteiger partial charge is 0.227 e. The third-order valence-electron chi connectivity index (χ3n) is 3.68. The zero-order valence-electron chi connectivity index (χ0n) is 13.7. The lowest BCUT2D eigenvalue weighted by atomic mass is 10.1. The third kappa shape index (κ3) is 5.50. The molecule has 1 fully saturated rings. The molecular weight excluding hydrogens is 300 g/mol. The Labute approximate surface area is 139 Å². The van der Waals surface area contributed by atoms with E-state index in [0.29, 0.717) is 12.3 Å². The van der Waals surface area contributed by atoms with Gasteiger partial charge in [0.05, 0.1) is 13.0 Å². The molecule has 0 radical (unpaired) electrons. The predicted molar refractivity (Wildman–Crippen MR) is 91.8 cm³/mol. The number of hydrogen-bond acceptors (Lipinski definition) is 3. The summed E-state index contributed by atoms with van der Waals surface area (Å²) in [4.78, 5) is 14.3. The lowest BCUT2D eigenvalue weighted by Crippen LogP contribution is -2.52. The summed E-state index contributed by atoms with van der Waals surface area (Å²) < 4.78 is 5.66. The summed E-state index contributed by atoms with van der Waals surface area (Å²) in [7, 11) is 0. The van der Waals surface area contributed by atoms with Gasteiger partial charge in [-0.3, -0.25) is 4.79 Å². The number of nitrogens with one attached hydrogen (secondary N) is 1. The number of rotatable bonds is 5. The van der Waals surface area contributed by atoms with Gasteiger partial charge in [-0.1, -0.05) is 26.0 Å². The van der Waals surface area contributed by atoms with Crippen LogP contribution in [-0.4, -0.2) is 43.1 Å². The number of benzene rings is 1. The lowest BCUT2D eigenvalue weighted by molar-refractivity contribution is -0.133. The molecule has 1 aromatic rings. The van der Waals surface area contributed by atoms with Gasteiger partial charge in [0.15, 0.2) is 0 Å². The molecule has 0 aliphatic carbocycles. The molecule has 1 amide bonds. The molecule has 0 spiro atoms. The van der Waals surface area contributed by atoms with E-state index in [4.69, 9.17) is 4.74 Å². The van der Waals surface area contributed by atoms with Crippen LogP contribution in [0.25, 0.3) is 0 Å². The van der Waals surface area contributed by atoms with E-state index in [1.807, 2.05) is 29.2 Å². The molecule has 1 aliphatic heterocycles. The van der Waals surface area contributed by atoms with E-state index in [1.54, 1.807) is 0 Å². The van der Waals surface area contributed by atoms with Crippen molar-refractivity contribution in [2.45, 2.75) is 33.2 Å². The fourth-order valence-electron chi connectivity index (χ4n) is 2.45. The molecule has 0 aromatic heterocycles. The van der Waals surface area contributed by atoms with Crippen LogP contribution in [-0.2, 0) is 11.2 Å². The Balaban J connectivity index is 0.00000242. The SMILES string of the molecule is CC(C)COc1ccc(CC(=O)N2CCNCC2C)cc1.Cl. The van der Waals surface area contributed by atoms with E-state index < -0.39 is 0 Å². The fraction of sp³-hybridized carbons (Fsp3) is 0.588. The average molecular weight is 327 g/mol. The van der Waals surface area contributed by atoms with Gasteiger partial charge < -0.3 is 15.0 Å². The minimum atomic E-state index is 0. The second-order valence-corrected chi connectivity index (χ2v) is 6.17. The molecule has 1 saturated heterocycles. The first kappa shape index (κ1) is 18.8. The number of halogens is 1. The number of carbonyl (C=O) groups excluding carboxylic acids is 1. The maximum Gasteiger partial charge on any atom is 0.227 e. The van der Waals surface area contributed by atoms with Crippen molar-refractivity contribution in [2.24, 2.45) is 5.92 Å². The van der Waals surface area contributed by atoms with Crippen molar-refractivity contribution in [3.05, 3.63) is 29.8 Å². The Morgan fingerprint density at radius 2 is 2.05 bits per heavy atom. The zero-order chi connectivity index (χ0) is 15.2. The number of carbonyl (C=O) groups is 1. The van der Waals surface area contributed by atoms with Crippen molar-refractivity contribution in [3.8, 4) is 5.75 Å². The van der Waals surface area contributed by atoms with Crippen molar-refractivity contribution in [3.63, 3.8) is 0 Å². The van der Waals surface area contributed by atoms with Crippen molar-refractivity contribution in [1.82, 2.24) is 10.2 Å². The number of piperazine rings is 1. The normalized spacial score (nSPS) is 18.0. The third-order valence-corrected chi connectivity index (χ3v) is 3.68. The Bertz CT molecular complexity index is 462. The molecule has 5 heteroatoms. The van der Waals surface area contributed by atoms with Crippen LogP contribution in [0, 0.1) is 5.92 Å². The molecule has 22 heavy (non-hydrogen) atoms. The van der Waals surface area contributed by atoms with Crippen LogP contribution in [0.1, 0.15) is 26.3 Å². The largest absolute Gasteiger partial charge is 0.493 e. The Kier molecular flexibility index (Phi) is 7.69. The van der Waals surface area contributed by atoms with Crippen LogP contribution in [0.5, 0.6) is 5.75 Å². The first-order chi connectivity index (χ1) is 10.1. The van der Waals surface area contributed by atoms with Crippen molar-refractivity contribution >= 4 is 18.3 Å². The molecule has 4 nitrogen and oxygen atoms in total. The number of amides is 1. The first-order valence-electron chi connectivity index (χ1n) is 7.78. The first-order valence-corrected chi connectivity index (χ1v) is 7.78. The minimum absolute atomic E-state index is 0. The Morgan fingerprint density at radius 3 is 2.64 bits per heavy atom. The molecule has 0 bridgehead atoms. The van der Waals surface area contributed by atoms with E-state index in [-0.39, 0.29) is 24.4 Å². The van der Waals surface area contributed by atoms with E-state index in [2.05, 4.69) is 26.1 Å². The summed E-state index contributed by atoms with van der Waals surface area (Å²) >= 11 is 0. The van der Waals surface area contributed by atoms with Gasteiger partial charge in [-0.2, -0.15) is 0 Å². The molecule has 1 aliphatic rings. The van der Waals surface area contributed by atoms with Crippen LogP contribution in [0.3, 0.4) is 0 Å². The van der Waals surface area contributed by atoms with Crippen LogP contribution >= 0.6 is 12.4 Å². The minimum Gasteiger partial charge on any atom is -0.493 e. The summed E-state index contributed by atoms with van der Waals surface area (Å²) in [5.41, 5.74) is 1.04. The monoisotopic (exact) mass is 326 g/mol. The van der Waals surface area contributed by atoms with Crippen molar-refractivity contribution in [2.75, 3.05) is 26.2 Å². The highest BCUT2D eigenvalue weighted by atomic mass is 35.5. The summed E-state index contributed by atoms with van der Waals surface area (Å²) in [5, 5.41) is 3.30. The van der Waals surface area contributed by atoms with Gasteiger partial charge in [-0.05, 0) is 30.5 Å². The summed E-state index contributed by atoms with van der Waals surface area (Å²) in [6.45, 7) is 9.63. The lowest BCUT2D eigenvalue weighted by Gasteiger charge is -2.34. The molecule has 1 N–H and O–H groups in total. The summed E-state index contributed by atoms with van der Waals surface area (Å²) in [6.07, 6.45) is 0.467. The topological polar surface area (TPSA) is 41.6 Å². The van der Waals surface area contributed by atoms with Crippen molar-refractivity contribution in [1.29, 1.82) is 0 Å². The molecule has 1 unspecified atom stereocenters. The van der Waals surface area contributed by atoms with Crippen LogP contribution in [0.15, 0.2) is 24.3 Å². The van der Waals surface area contributed by atoms with Gasteiger partial charge in [-0.25, -0.2) is 0 Å². The fourth-order valence-corrected chi connectivity index (χ4v) is 2.45. The van der Waals surface area contributed by atoms with E-state index in [0.717, 1.165) is 37.6 Å². The quantitative estimate of drug-likeness (QED) is 0.904. The standard InChI is InChI=1S/C17H26N2O2.ClH/c1-13(2)12-21-16-6-4-15(5-7-16)10-17(20)19-9-8-18-11-14(19)3;/h4-7,13-14,18H,8-12H2,1-3H3;1H. The molecule has 1 aromatic carbocycles. The van der Waals surface area contributed by atoms with Crippen molar-refractivity contribution < 1.29 is 9.53 Å². The average Bonchev–Trinajstić information content (AvgIpc) is 2.47. The Morgan fingerprint density at radius 1 is 1.36 bits per heavy atom.